The molecule has 0 spiro atoms. The standard InChI is InChI=1S/C26H33FN4S.C7H8/c1-18-7-5-6-8-24(18)19(2)15-26(31-21(4)25(32-27)17-29-31)28-16-22-11-13-30(14-12-22)20(3)23-9-10-23;1-7-5-3-2-4-6-7/h5-8,15,17,22-23,28H,2-3,9-14,16H2,1,4H3;2-6H,1H3/b26-15-;. The minimum atomic E-state index is 0.233. The number of hydrogen-bond donors (Lipinski definition) is 1. The van der Waals surface area contributed by atoms with Crippen LogP contribution in [0, 0.1) is 32.6 Å². The summed E-state index contributed by atoms with van der Waals surface area (Å²) in [6.45, 7) is 17.7. The van der Waals surface area contributed by atoms with Crippen molar-refractivity contribution in [2.45, 2.75) is 51.3 Å². The van der Waals surface area contributed by atoms with Crippen LogP contribution in [0.15, 0.2) is 90.6 Å². The molecule has 1 saturated carbocycles. The summed E-state index contributed by atoms with van der Waals surface area (Å²) in [5.41, 5.74) is 6.63. The predicted molar refractivity (Wildman–Crippen MR) is 164 cm³/mol. The number of benzene rings is 2. The maximum absolute atomic E-state index is 13.3. The Balaban J connectivity index is 0.000000438. The lowest BCUT2D eigenvalue weighted by Crippen LogP contribution is -2.37. The van der Waals surface area contributed by atoms with E-state index in [2.05, 4.69) is 66.6 Å². The van der Waals surface area contributed by atoms with Gasteiger partial charge < -0.3 is 10.2 Å². The molecule has 39 heavy (non-hydrogen) atoms. The molecule has 5 rings (SSSR count). The van der Waals surface area contributed by atoms with Crippen molar-refractivity contribution in [1.82, 2.24) is 20.0 Å². The van der Waals surface area contributed by atoms with Crippen LogP contribution in [-0.2, 0) is 0 Å². The van der Waals surface area contributed by atoms with Gasteiger partial charge in [-0.1, -0.05) is 73.3 Å². The lowest BCUT2D eigenvalue weighted by molar-refractivity contribution is 0.218. The van der Waals surface area contributed by atoms with Crippen molar-refractivity contribution in [3.63, 3.8) is 0 Å². The number of aromatic nitrogens is 2. The van der Waals surface area contributed by atoms with Crippen LogP contribution in [0.4, 0.5) is 3.89 Å². The Morgan fingerprint density at radius 1 is 1.00 bits per heavy atom. The van der Waals surface area contributed by atoms with E-state index in [1.807, 2.05) is 43.3 Å². The summed E-state index contributed by atoms with van der Waals surface area (Å²) < 4.78 is 15.1. The molecule has 2 heterocycles. The van der Waals surface area contributed by atoms with E-state index in [0.717, 1.165) is 61.0 Å². The molecule has 1 aromatic heterocycles. The Labute approximate surface area is 238 Å². The molecular weight excluding hydrogens is 503 g/mol. The Hall–Kier alpha value is -3.25. The van der Waals surface area contributed by atoms with Crippen LogP contribution in [0.5, 0.6) is 0 Å². The molecular formula is C33H41FN4S. The van der Waals surface area contributed by atoms with Gasteiger partial charge in [-0.25, -0.2) is 4.68 Å². The zero-order valence-corrected chi connectivity index (χ0v) is 24.3. The summed E-state index contributed by atoms with van der Waals surface area (Å²) >= 11 is 0.233. The van der Waals surface area contributed by atoms with Crippen molar-refractivity contribution in [3.05, 3.63) is 108 Å². The van der Waals surface area contributed by atoms with E-state index in [0.29, 0.717) is 10.8 Å². The largest absolute Gasteiger partial charge is 0.375 e. The number of piperidine rings is 1. The second-order valence-corrected chi connectivity index (χ2v) is 11.3. The van der Waals surface area contributed by atoms with Crippen molar-refractivity contribution in [3.8, 4) is 0 Å². The fraction of sp³-hybridized carbons (Fsp3) is 0.364. The third-order valence-electron chi connectivity index (χ3n) is 7.66. The summed E-state index contributed by atoms with van der Waals surface area (Å²) in [5.74, 6) is 2.15. The van der Waals surface area contributed by atoms with Crippen molar-refractivity contribution in [2.24, 2.45) is 11.8 Å². The molecule has 1 saturated heterocycles. The Morgan fingerprint density at radius 2 is 1.67 bits per heavy atom. The molecule has 1 aliphatic heterocycles. The molecule has 206 valence electrons. The van der Waals surface area contributed by atoms with Gasteiger partial charge in [0.25, 0.3) is 0 Å². The molecule has 0 amide bonds. The number of hydrogen-bond acceptors (Lipinski definition) is 4. The summed E-state index contributed by atoms with van der Waals surface area (Å²) in [5, 5.41) is 8.06. The monoisotopic (exact) mass is 544 g/mol. The van der Waals surface area contributed by atoms with Crippen LogP contribution in [0.1, 0.15) is 48.1 Å². The molecule has 4 nitrogen and oxygen atoms in total. The maximum atomic E-state index is 13.3. The zero-order chi connectivity index (χ0) is 27.8. The second-order valence-electron chi connectivity index (χ2n) is 10.7. The lowest BCUT2D eigenvalue weighted by atomic mass is 9.96. The van der Waals surface area contributed by atoms with Crippen LogP contribution in [0.3, 0.4) is 0 Å². The number of rotatable bonds is 9. The molecule has 6 heteroatoms. The summed E-state index contributed by atoms with van der Waals surface area (Å²) in [6, 6.07) is 18.5. The highest BCUT2D eigenvalue weighted by atomic mass is 32.2. The fourth-order valence-corrected chi connectivity index (χ4v) is 5.24. The van der Waals surface area contributed by atoms with Crippen LogP contribution in [0.25, 0.3) is 11.4 Å². The highest BCUT2D eigenvalue weighted by Gasteiger charge is 2.30. The van der Waals surface area contributed by atoms with Crippen LogP contribution >= 0.6 is 12.1 Å². The highest BCUT2D eigenvalue weighted by molar-refractivity contribution is 7.94. The van der Waals surface area contributed by atoms with E-state index in [9.17, 15) is 3.89 Å². The zero-order valence-electron chi connectivity index (χ0n) is 23.5. The van der Waals surface area contributed by atoms with Crippen molar-refractivity contribution >= 4 is 23.5 Å². The first-order valence-electron chi connectivity index (χ1n) is 13.9. The molecule has 1 N–H and O–H groups in total. The van der Waals surface area contributed by atoms with E-state index in [1.165, 1.54) is 29.7 Å². The van der Waals surface area contributed by atoms with Gasteiger partial charge in [-0.15, -0.1) is 0 Å². The Kier molecular flexibility index (Phi) is 10.1. The van der Waals surface area contributed by atoms with Crippen molar-refractivity contribution in [2.75, 3.05) is 19.6 Å². The molecule has 0 atom stereocenters. The Morgan fingerprint density at radius 3 is 2.23 bits per heavy atom. The quantitative estimate of drug-likeness (QED) is 0.275. The van der Waals surface area contributed by atoms with Crippen LogP contribution < -0.4 is 5.32 Å². The molecule has 2 aliphatic rings. The molecule has 2 aromatic carbocycles. The fourth-order valence-electron chi connectivity index (χ4n) is 4.96. The van der Waals surface area contributed by atoms with Gasteiger partial charge in [-0.05, 0) is 81.1 Å². The van der Waals surface area contributed by atoms with Crippen LogP contribution in [-0.4, -0.2) is 34.3 Å². The number of aryl methyl sites for hydroxylation is 2. The van der Waals surface area contributed by atoms with Gasteiger partial charge in [-0.3, -0.25) is 0 Å². The third kappa shape index (κ3) is 7.89. The van der Waals surface area contributed by atoms with E-state index in [4.69, 9.17) is 0 Å². The average Bonchev–Trinajstić information content (AvgIpc) is 3.74. The molecule has 0 bridgehead atoms. The first kappa shape index (κ1) is 28.8. The predicted octanol–water partition coefficient (Wildman–Crippen LogP) is 8.21. The number of allylic oxidation sites excluding steroid dienone is 3. The lowest BCUT2D eigenvalue weighted by Gasteiger charge is -2.35. The number of nitrogens with zero attached hydrogens (tertiary/aromatic N) is 3. The number of halogens is 1. The number of likely N-dealkylation sites (tertiary alicyclic amines) is 1. The van der Waals surface area contributed by atoms with Gasteiger partial charge in [0.2, 0.25) is 0 Å². The summed E-state index contributed by atoms with van der Waals surface area (Å²) in [6.07, 6.45) is 8.51. The molecule has 1 aliphatic carbocycles. The van der Waals surface area contributed by atoms with Gasteiger partial charge in [0.1, 0.15) is 5.82 Å². The first-order valence-corrected chi connectivity index (χ1v) is 14.6. The van der Waals surface area contributed by atoms with E-state index in [1.54, 1.807) is 10.9 Å². The highest BCUT2D eigenvalue weighted by Crippen LogP contribution is 2.38. The first-order chi connectivity index (χ1) is 18.9. The van der Waals surface area contributed by atoms with E-state index < -0.39 is 0 Å². The minimum Gasteiger partial charge on any atom is -0.375 e. The second kappa shape index (κ2) is 13.7. The van der Waals surface area contributed by atoms with Gasteiger partial charge in [-0.2, -0.15) is 8.98 Å². The molecule has 0 radical (unpaired) electrons. The van der Waals surface area contributed by atoms with E-state index >= 15 is 0 Å². The van der Waals surface area contributed by atoms with Crippen LogP contribution in [0.2, 0.25) is 0 Å². The van der Waals surface area contributed by atoms with Gasteiger partial charge in [0.15, 0.2) is 0 Å². The Bertz CT molecular complexity index is 1280. The minimum absolute atomic E-state index is 0.233. The topological polar surface area (TPSA) is 33.1 Å². The van der Waals surface area contributed by atoms with Crippen molar-refractivity contribution < 1.29 is 3.89 Å². The SMILES string of the molecule is C=C(/C=C(/NCC1CCN(C(=C)C2CC2)CC1)n1ncc(SF)c1C)c1ccccc1C.Cc1ccccc1. The molecule has 3 aromatic rings. The average molecular weight is 545 g/mol. The summed E-state index contributed by atoms with van der Waals surface area (Å²) in [7, 11) is 0. The summed E-state index contributed by atoms with van der Waals surface area (Å²) in [4.78, 5) is 3.01. The van der Waals surface area contributed by atoms with Gasteiger partial charge in [0.05, 0.1) is 28.9 Å². The van der Waals surface area contributed by atoms with E-state index in [-0.39, 0.29) is 12.1 Å². The maximum Gasteiger partial charge on any atom is 0.128 e. The molecule has 0 unspecified atom stereocenters. The normalized spacial score (nSPS) is 15.9. The molecule has 2 fully saturated rings. The number of nitrogens with one attached hydrogen (secondary N) is 1. The van der Waals surface area contributed by atoms with Crippen molar-refractivity contribution in [1.29, 1.82) is 0 Å². The third-order valence-corrected chi connectivity index (χ3v) is 8.23. The smallest absolute Gasteiger partial charge is 0.128 e. The van der Waals surface area contributed by atoms with Gasteiger partial charge in [0, 0.05) is 25.3 Å². The van der Waals surface area contributed by atoms with Gasteiger partial charge >= 0.3 is 0 Å².